The van der Waals surface area contributed by atoms with Crippen molar-refractivity contribution in [3.05, 3.63) is 54.6 Å². The van der Waals surface area contributed by atoms with Crippen molar-refractivity contribution in [2.45, 2.75) is 13.8 Å². The second-order valence-electron chi connectivity index (χ2n) is 6.45. The van der Waals surface area contributed by atoms with Gasteiger partial charge in [-0.15, -0.1) is 5.46 Å². The molecule has 0 aliphatic carbocycles. The van der Waals surface area contributed by atoms with Gasteiger partial charge >= 0.3 is 6.75 Å². The van der Waals surface area contributed by atoms with Crippen LogP contribution in [0.1, 0.15) is 13.8 Å². The lowest BCUT2D eigenvalue weighted by Crippen LogP contribution is -2.60. The van der Waals surface area contributed by atoms with Gasteiger partial charge in [0.1, 0.15) is 0 Å². The van der Waals surface area contributed by atoms with Crippen LogP contribution in [0.25, 0.3) is 11.1 Å². The van der Waals surface area contributed by atoms with E-state index in [9.17, 15) is 5.02 Å². The summed E-state index contributed by atoms with van der Waals surface area (Å²) < 4.78 is 11.2. The van der Waals surface area contributed by atoms with E-state index in [1.165, 1.54) is 0 Å². The van der Waals surface area contributed by atoms with Gasteiger partial charge in [0.05, 0.1) is 0 Å². The Morgan fingerprint density at radius 2 is 1.38 bits per heavy atom. The molecule has 0 aromatic heterocycles. The third-order valence-electron chi connectivity index (χ3n) is 3.84. The molecule has 0 atom stereocenters. The maximum Gasteiger partial charge on any atom is 0.407 e. The molecule has 3 rings (SSSR count). The van der Waals surface area contributed by atoms with Gasteiger partial charge in [0.2, 0.25) is 0 Å². The van der Waals surface area contributed by atoms with E-state index < -0.39 is 6.75 Å². The molecule has 0 bridgehead atoms. The molecule has 1 aliphatic rings. The average Bonchev–Trinajstić information content (AvgIpc) is 2.52. The van der Waals surface area contributed by atoms with Gasteiger partial charge in [0, 0.05) is 18.6 Å². The summed E-state index contributed by atoms with van der Waals surface area (Å²) in [7, 11) is 0. The Morgan fingerprint density at radius 3 is 1.95 bits per heavy atom. The van der Waals surface area contributed by atoms with Gasteiger partial charge < -0.3 is 14.3 Å². The van der Waals surface area contributed by atoms with Crippen molar-refractivity contribution in [3.8, 4) is 11.1 Å². The van der Waals surface area contributed by atoms with E-state index in [1.54, 1.807) is 0 Å². The van der Waals surface area contributed by atoms with Crippen LogP contribution in [-0.4, -0.2) is 25.0 Å². The maximum absolute atomic E-state index is 10.6. The first kappa shape index (κ1) is 14.3. The van der Waals surface area contributed by atoms with Crippen LogP contribution in [0.15, 0.2) is 54.6 Å². The Morgan fingerprint density at radius 1 is 0.857 bits per heavy atom. The van der Waals surface area contributed by atoms with Crippen LogP contribution < -0.4 is 5.46 Å². The Bertz CT molecular complexity index is 598. The van der Waals surface area contributed by atoms with Crippen LogP contribution in [0.4, 0.5) is 0 Å². The van der Waals surface area contributed by atoms with Crippen LogP contribution in [0.2, 0.25) is 0 Å². The molecule has 1 heterocycles. The first-order chi connectivity index (χ1) is 9.99. The van der Waals surface area contributed by atoms with Gasteiger partial charge in [-0.2, -0.15) is 0 Å². The Hall–Kier alpha value is -1.62. The SMILES string of the molecule is CC1(C)CO[B-](O)(c2ccc(-c3ccccc3)cc2)OC1. The molecule has 4 heteroatoms. The highest BCUT2D eigenvalue weighted by Crippen LogP contribution is 2.26. The highest BCUT2D eigenvalue weighted by Gasteiger charge is 2.36. The summed E-state index contributed by atoms with van der Waals surface area (Å²) in [6.45, 7) is 2.74. The molecule has 21 heavy (non-hydrogen) atoms. The molecule has 0 spiro atoms. The average molecular weight is 283 g/mol. The predicted molar refractivity (Wildman–Crippen MR) is 85.2 cm³/mol. The van der Waals surface area contributed by atoms with Crippen molar-refractivity contribution >= 4 is 12.2 Å². The lowest BCUT2D eigenvalue weighted by atomic mass is 9.67. The molecule has 0 saturated carbocycles. The Kier molecular flexibility index (Phi) is 3.61. The minimum absolute atomic E-state index is 0.0576. The summed E-state index contributed by atoms with van der Waals surface area (Å²) in [4.78, 5) is 0. The molecule has 3 nitrogen and oxygen atoms in total. The van der Waals surface area contributed by atoms with Crippen molar-refractivity contribution in [1.29, 1.82) is 0 Å². The molecule has 0 amide bonds. The monoisotopic (exact) mass is 283 g/mol. The van der Waals surface area contributed by atoms with Gasteiger partial charge in [-0.05, 0) is 11.1 Å². The summed E-state index contributed by atoms with van der Waals surface area (Å²) in [5.41, 5.74) is 2.88. The second-order valence-corrected chi connectivity index (χ2v) is 6.45. The molecule has 2 aromatic carbocycles. The van der Waals surface area contributed by atoms with Gasteiger partial charge in [-0.25, -0.2) is 0 Å². The van der Waals surface area contributed by atoms with Crippen molar-refractivity contribution in [1.82, 2.24) is 0 Å². The molecule has 2 aromatic rings. The highest BCUT2D eigenvalue weighted by atomic mass is 16.7. The summed E-state index contributed by atoms with van der Waals surface area (Å²) in [6, 6.07) is 17.9. The zero-order valence-electron chi connectivity index (χ0n) is 12.5. The standard InChI is InChI=1S/C17H20BO3/c1-17(2)12-20-18(19,21-13-17)16-10-8-15(9-11-16)14-6-4-3-5-7-14/h3-11,19H,12-13H2,1-2H3/q-1. The van der Waals surface area contributed by atoms with Crippen LogP contribution >= 0.6 is 0 Å². The number of hydrogen-bond acceptors (Lipinski definition) is 3. The minimum atomic E-state index is -2.35. The van der Waals surface area contributed by atoms with Crippen molar-refractivity contribution < 1.29 is 14.3 Å². The first-order valence-electron chi connectivity index (χ1n) is 7.28. The van der Waals surface area contributed by atoms with Crippen molar-refractivity contribution in [2.24, 2.45) is 5.41 Å². The maximum atomic E-state index is 10.6. The normalized spacial score (nSPS) is 20.1. The molecule has 1 aliphatic heterocycles. The summed E-state index contributed by atoms with van der Waals surface area (Å²) in [5.74, 6) is 0. The summed E-state index contributed by atoms with van der Waals surface area (Å²) >= 11 is 0. The molecule has 0 radical (unpaired) electrons. The molecule has 1 fully saturated rings. The Labute approximate surface area is 125 Å². The topological polar surface area (TPSA) is 38.7 Å². The number of rotatable bonds is 2. The van der Waals surface area contributed by atoms with Gasteiger partial charge in [0.15, 0.2) is 0 Å². The smallest absolute Gasteiger partial charge is 0.407 e. The fraction of sp³-hybridized carbons (Fsp3) is 0.294. The Balaban J connectivity index is 1.81. The molecular formula is C17H20BO3-. The zero-order chi connectivity index (χ0) is 14.9. The van der Waals surface area contributed by atoms with E-state index in [4.69, 9.17) is 9.31 Å². The quantitative estimate of drug-likeness (QED) is 0.861. The molecule has 110 valence electrons. The fourth-order valence-electron chi connectivity index (χ4n) is 2.51. The summed E-state index contributed by atoms with van der Waals surface area (Å²) in [6.07, 6.45) is 0. The van der Waals surface area contributed by atoms with Gasteiger partial charge in [0.25, 0.3) is 0 Å². The lowest BCUT2D eigenvalue weighted by molar-refractivity contribution is -0.0170. The van der Waals surface area contributed by atoms with Crippen molar-refractivity contribution in [2.75, 3.05) is 13.2 Å². The molecular weight excluding hydrogens is 263 g/mol. The van der Waals surface area contributed by atoms with E-state index in [-0.39, 0.29) is 5.41 Å². The molecule has 1 saturated heterocycles. The fourth-order valence-corrected chi connectivity index (χ4v) is 2.51. The second kappa shape index (κ2) is 5.30. The van der Waals surface area contributed by atoms with Crippen LogP contribution in [-0.2, 0) is 9.31 Å². The van der Waals surface area contributed by atoms with Crippen molar-refractivity contribution in [3.63, 3.8) is 0 Å². The van der Waals surface area contributed by atoms with E-state index in [0.29, 0.717) is 18.7 Å². The zero-order valence-corrected chi connectivity index (χ0v) is 12.5. The molecule has 0 unspecified atom stereocenters. The van der Waals surface area contributed by atoms with Crippen LogP contribution in [0, 0.1) is 5.41 Å². The van der Waals surface area contributed by atoms with E-state index in [0.717, 1.165) is 11.1 Å². The van der Waals surface area contributed by atoms with Gasteiger partial charge in [-0.1, -0.05) is 68.4 Å². The first-order valence-corrected chi connectivity index (χ1v) is 7.28. The number of benzene rings is 2. The summed E-state index contributed by atoms with van der Waals surface area (Å²) in [5, 5.41) is 10.6. The lowest BCUT2D eigenvalue weighted by Gasteiger charge is -2.47. The van der Waals surface area contributed by atoms with Gasteiger partial charge in [-0.3, -0.25) is 0 Å². The largest absolute Gasteiger partial charge is 0.555 e. The molecule has 1 N–H and O–H groups in total. The van der Waals surface area contributed by atoms with E-state index >= 15 is 0 Å². The highest BCUT2D eigenvalue weighted by molar-refractivity contribution is 6.74. The predicted octanol–water partition coefficient (Wildman–Crippen LogP) is 2.56. The van der Waals surface area contributed by atoms with E-state index in [1.807, 2.05) is 42.5 Å². The minimum Gasteiger partial charge on any atom is -0.555 e. The van der Waals surface area contributed by atoms with Crippen LogP contribution in [0.5, 0.6) is 0 Å². The van der Waals surface area contributed by atoms with E-state index in [2.05, 4.69) is 26.0 Å². The third-order valence-corrected chi connectivity index (χ3v) is 3.84. The third kappa shape index (κ3) is 3.03. The van der Waals surface area contributed by atoms with Crippen LogP contribution in [0.3, 0.4) is 0 Å². The number of hydrogen-bond donors (Lipinski definition) is 1.